The van der Waals surface area contributed by atoms with E-state index < -0.39 is 5.82 Å². The lowest BCUT2D eigenvalue weighted by molar-refractivity contribution is 0.190. The number of likely N-dealkylation sites (tertiary alicyclic amines) is 1. The molecular formula is C24H28FN3O2. The smallest absolute Gasteiger partial charge is 0.165 e. The molecule has 30 heavy (non-hydrogen) atoms. The number of aliphatic hydroxyl groups excluding tert-OH is 1. The van der Waals surface area contributed by atoms with Crippen LogP contribution in [0.1, 0.15) is 30.4 Å². The number of nitrogens with zero attached hydrogens (tertiary/aromatic N) is 3. The molecule has 0 saturated carbocycles. The van der Waals surface area contributed by atoms with E-state index in [0.717, 1.165) is 60.4 Å². The maximum atomic E-state index is 14.4. The van der Waals surface area contributed by atoms with E-state index in [4.69, 9.17) is 9.84 Å². The lowest BCUT2D eigenvalue weighted by Gasteiger charge is -2.23. The number of aromatic nitrogens is 2. The van der Waals surface area contributed by atoms with E-state index in [9.17, 15) is 9.50 Å². The third-order valence-corrected chi connectivity index (χ3v) is 5.91. The summed E-state index contributed by atoms with van der Waals surface area (Å²) in [5.41, 5.74) is 4.68. The van der Waals surface area contributed by atoms with Gasteiger partial charge in [-0.15, -0.1) is 0 Å². The molecule has 2 aromatic carbocycles. The fourth-order valence-corrected chi connectivity index (χ4v) is 4.32. The van der Waals surface area contributed by atoms with Crippen molar-refractivity contribution in [2.75, 3.05) is 20.3 Å². The maximum Gasteiger partial charge on any atom is 0.165 e. The first kappa shape index (κ1) is 20.6. The normalized spacial score (nSPS) is 16.9. The highest BCUT2D eigenvalue weighted by Gasteiger charge is 2.26. The van der Waals surface area contributed by atoms with Crippen LogP contribution < -0.4 is 4.74 Å². The van der Waals surface area contributed by atoms with Crippen molar-refractivity contribution in [3.63, 3.8) is 0 Å². The van der Waals surface area contributed by atoms with E-state index in [0.29, 0.717) is 6.04 Å². The van der Waals surface area contributed by atoms with Gasteiger partial charge >= 0.3 is 0 Å². The molecular weight excluding hydrogens is 381 g/mol. The number of rotatable bonds is 7. The van der Waals surface area contributed by atoms with Gasteiger partial charge in [0.05, 0.1) is 18.5 Å². The molecule has 0 amide bonds. The molecule has 4 rings (SSSR count). The van der Waals surface area contributed by atoms with E-state index in [-0.39, 0.29) is 12.4 Å². The first-order valence-corrected chi connectivity index (χ1v) is 10.4. The molecule has 0 bridgehead atoms. The van der Waals surface area contributed by atoms with Crippen LogP contribution in [0.3, 0.4) is 0 Å². The quantitative estimate of drug-likeness (QED) is 0.631. The molecule has 2 heterocycles. The monoisotopic (exact) mass is 409 g/mol. The van der Waals surface area contributed by atoms with Crippen molar-refractivity contribution in [3.05, 3.63) is 65.6 Å². The van der Waals surface area contributed by atoms with Crippen LogP contribution in [0.4, 0.5) is 4.39 Å². The number of halogens is 1. The van der Waals surface area contributed by atoms with Crippen LogP contribution in [0.2, 0.25) is 0 Å². The lowest BCUT2D eigenvalue weighted by atomic mass is 10.1. The van der Waals surface area contributed by atoms with Crippen LogP contribution >= 0.6 is 0 Å². The lowest BCUT2D eigenvalue weighted by Crippen LogP contribution is -2.29. The summed E-state index contributed by atoms with van der Waals surface area (Å²) in [5, 5.41) is 14.3. The second kappa shape index (κ2) is 8.98. The van der Waals surface area contributed by atoms with Crippen molar-refractivity contribution in [2.45, 2.75) is 38.8 Å². The van der Waals surface area contributed by atoms with Crippen LogP contribution in [-0.4, -0.2) is 46.1 Å². The summed E-state index contributed by atoms with van der Waals surface area (Å²) in [4.78, 5) is 2.40. The first-order chi connectivity index (χ1) is 14.6. The molecule has 1 aliphatic heterocycles. The Morgan fingerprint density at radius 3 is 2.80 bits per heavy atom. The van der Waals surface area contributed by atoms with E-state index >= 15 is 0 Å². The Kier molecular flexibility index (Phi) is 6.16. The van der Waals surface area contributed by atoms with E-state index in [1.54, 1.807) is 6.07 Å². The molecule has 1 aromatic heterocycles. The van der Waals surface area contributed by atoms with E-state index in [2.05, 4.69) is 17.9 Å². The van der Waals surface area contributed by atoms with Gasteiger partial charge in [0.1, 0.15) is 0 Å². The Labute approximate surface area is 176 Å². The Balaban J connectivity index is 1.75. The number of methoxy groups -OCH3 is 1. The average molecular weight is 410 g/mol. The number of para-hydroxylation sites is 1. The molecule has 158 valence electrons. The van der Waals surface area contributed by atoms with Gasteiger partial charge in [-0.3, -0.25) is 4.90 Å². The minimum Gasteiger partial charge on any atom is -0.494 e. The molecule has 0 unspecified atom stereocenters. The standard InChI is InChI=1S/C24H28FN3O2/c1-17-6-3-4-8-22(17)28-16-19(15-27-12-5-7-20(27)11-13-29)24(26-28)18-9-10-23(30-2)21(25)14-18/h3-4,6,8-10,14,16,20,29H,5,7,11-13,15H2,1-2H3/t20-/m1/s1. The van der Waals surface area contributed by atoms with Gasteiger partial charge in [0.2, 0.25) is 0 Å². The number of hydrogen-bond acceptors (Lipinski definition) is 4. The van der Waals surface area contributed by atoms with Crippen LogP contribution in [0, 0.1) is 12.7 Å². The third-order valence-electron chi connectivity index (χ3n) is 5.91. The van der Waals surface area contributed by atoms with E-state index in [1.165, 1.54) is 13.2 Å². The van der Waals surface area contributed by atoms with Crippen molar-refractivity contribution in [2.24, 2.45) is 0 Å². The first-order valence-electron chi connectivity index (χ1n) is 10.4. The van der Waals surface area contributed by atoms with Gasteiger partial charge in [0.15, 0.2) is 11.6 Å². The average Bonchev–Trinajstić information content (AvgIpc) is 3.36. The second-order valence-electron chi connectivity index (χ2n) is 7.86. The predicted molar refractivity (Wildman–Crippen MR) is 115 cm³/mol. The molecule has 1 atom stereocenters. The molecule has 5 nitrogen and oxygen atoms in total. The predicted octanol–water partition coefficient (Wildman–Crippen LogP) is 4.34. The summed E-state index contributed by atoms with van der Waals surface area (Å²) < 4.78 is 21.4. The zero-order valence-electron chi connectivity index (χ0n) is 17.5. The van der Waals surface area contributed by atoms with Gasteiger partial charge in [-0.2, -0.15) is 5.10 Å². The van der Waals surface area contributed by atoms with Crippen LogP contribution in [0.15, 0.2) is 48.7 Å². The van der Waals surface area contributed by atoms with Gasteiger partial charge in [-0.25, -0.2) is 9.07 Å². The molecule has 6 heteroatoms. The summed E-state index contributed by atoms with van der Waals surface area (Å²) in [7, 11) is 1.46. The zero-order valence-corrected chi connectivity index (χ0v) is 17.5. The molecule has 1 N–H and O–H groups in total. The summed E-state index contributed by atoms with van der Waals surface area (Å²) in [6, 6.07) is 13.5. The van der Waals surface area contributed by atoms with Crippen LogP contribution in [0.5, 0.6) is 5.75 Å². The maximum absolute atomic E-state index is 14.4. The molecule has 1 saturated heterocycles. The van der Waals surface area contributed by atoms with Gasteiger partial charge in [0.25, 0.3) is 0 Å². The number of aliphatic hydroxyl groups is 1. The third kappa shape index (κ3) is 4.11. The topological polar surface area (TPSA) is 50.5 Å². The number of benzene rings is 2. The van der Waals surface area contributed by atoms with Gasteiger partial charge in [-0.1, -0.05) is 18.2 Å². The fourth-order valence-electron chi connectivity index (χ4n) is 4.32. The van der Waals surface area contributed by atoms with Crippen molar-refractivity contribution in [1.29, 1.82) is 0 Å². The highest BCUT2D eigenvalue weighted by Crippen LogP contribution is 2.31. The van der Waals surface area contributed by atoms with Gasteiger partial charge in [-0.05, 0) is 62.6 Å². The highest BCUT2D eigenvalue weighted by molar-refractivity contribution is 5.64. The van der Waals surface area contributed by atoms with Crippen molar-refractivity contribution in [1.82, 2.24) is 14.7 Å². The second-order valence-corrected chi connectivity index (χ2v) is 7.86. The summed E-state index contributed by atoms with van der Waals surface area (Å²) in [6.07, 6.45) is 5.05. The zero-order chi connectivity index (χ0) is 21.1. The van der Waals surface area contributed by atoms with Crippen molar-refractivity contribution in [3.8, 4) is 22.7 Å². The van der Waals surface area contributed by atoms with Crippen molar-refractivity contribution < 1.29 is 14.2 Å². The Morgan fingerprint density at radius 1 is 1.23 bits per heavy atom. The summed E-state index contributed by atoms with van der Waals surface area (Å²) in [6.45, 7) is 3.97. The minimum absolute atomic E-state index is 0.195. The molecule has 1 aliphatic rings. The minimum atomic E-state index is -0.397. The molecule has 1 fully saturated rings. The summed E-state index contributed by atoms with van der Waals surface area (Å²) >= 11 is 0. The Bertz CT molecular complexity index is 1020. The van der Waals surface area contributed by atoms with E-state index in [1.807, 2.05) is 35.1 Å². The van der Waals surface area contributed by atoms with Crippen molar-refractivity contribution >= 4 is 0 Å². The molecule has 0 radical (unpaired) electrons. The SMILES string of the molecule is COc1ccc(-c2nn(-c3ccccc3C)cc2CN2CCC[C@@H]2CCO)cc1F. The van der Waals surface area contributed by atoms with Crippen LogP contribution in [-0.2, 0) is 6.54 Å². The molecule has 0 spiro atoms. The Morgan fingerprint density at radius 2 is 2.07 bits per heavy atom. The number of aryl methyl sites for hydroxylation is 1. The molecule has 3 aromatic rings. The Hall–Kier alpha value is -2.70. The largest absolute Gasteiger partial charge is 0.494 e. The molecule has 0 aliphatic carbocycles. The van der Waals surface area contributed by atoms with Gasteiger partial charge < -0.3 is 9.84 Å². The highest BCUT2D eigenvalue weighted by atomic mass is 19.1. The van der Waals surface area contributed by atoms with Gasteiger partial charge in [0, 0.05) is 36.5 Å². The number of hydrogen-bond donors (Lipinski definition) is 1. The van der Waals surface area contributed by atoms with Crippen LogP contribution in [0.25, 0.3) is 16.9 Å². The summed E-state index contributed by atoms with van der Waals surface area (Å²) in [5.74, 6) is -0.174. The fraction of sp³-hybridized carbons (Fsp3) is 0.375. The number of ether oxygens (including phenoxy) is 1.